The average molecular weight is 276 g/mol. The molecule has 1 saturated heterocycles. The Morgan fingerprint density at radius 3 is 2.50 bits per heavy atom. The van der Waals surface area contributed by atoms with Crippen LogP contribution in [0.25, 0.3) is 0 Å². The third-order valence-corrected chi connectivity index (χ3v) is 3.85. The molecule has 0 bridgehead atoms. The number of anilines is 1. The lowest BCUT2D eigenvalue weighted by atomic mass is 10.2. The zero-order valence-electron chi connectivity index (χ0n) is 12.4. The van der Waals surface area contributed by atoms with Gasteiger partial charge in [-0.05, 0) is 25.0 Å². The first kappa shape index (κ1) is 14.6. The van der Waals surface area contributed by atoms with Gasteiger partial charge in [0.1, 0.15) is 5.82 Å². The number of rotatable bonds is 4. The summed E-state index contributed by atoms with van der Waals surface area (Å²) in [6.45, 7) is 7.40. The number of nitrogens with one attached hydrogen (secondary N) is 1. The van der Waals surface area contributed by atoms with Crippen LogP contribution in [0, 0.1) is 0 Å². The van der Waals surface area contributed by atoms with Crippen LogP contribution in [0.2, 0.25) is 0 Å². The second-order valence-electron chi connectivity index (χ2n) is 5.12. The fraction of sp³-hybridized carbons (Fsp3) is 0.600. The van der Waals surface area contributed by atoms with Crippen LogP contribution in [-0.4, -0.2) is 48.1 Å². The summed E-state index contributed by atoms with van der Waals surface area (Å²) in [6, 6.07) is 6.28. The summed E-state index contributed by atoms with van der Waals surface area (Å²) in [5.41, 5.74) is 0. The summed E-state index contributed by atoms with van der Waals surface area (Å²) in [4.78, 5) is 20.6. The van der Waals surface area contributed by atoms with E-state index in [4.69, 9.17) is 0 Å². The monoisotopic (exact) mass is 276 g/mol. The highest BCUT2D eigenvalue weighted by atomic mass is 16.2. The summed E-state index contributed by atoms with van der Waals surface area (Å²) >= 11 is 0. The van der Waals surface area contributed by atoms with Crippen LogP contribution in [0.5, 0.6) is 0 Å². The second kappa shape index (κ2) is 7.12. The van der Waals surface area contributed by atoms with Crippen molar-refractivity contribution < 1.29 is 4.79 Å². The fourth-order valence-electron chi connectivity index (χ4n) is 2.44. The third kappa shape index (κ3) is 3.62. The van der Waals surface area contributed by atoms with E-state index >= 15 is 0 Å². The molecular formula is C15H24N4O. The number of hydrogen-bond donors (Lipinski definition) is 1. The lowest BCUT2D eigenvalue weighted by Crippen LogP contribution is -2.53. The minimum absolute atomic E-state index is 0.0689. The second-order valence-corrected chi connectivity index (χ2v) is 5.12. The highest BCUT2D eigenvalue weighted by molar-refractivity contribution is 5.74. The van der Waals surface area contributed by atoms with Gasteiger partial charge in [-0.15, -0.1) is 0 Å². The topological polar surface area (TPSA) is 48.5 Å². The molecule has 0 radical (unpaired) electrons. The molecule has 0 aromatic carbocycles. The minimum Gasteiger partial charge on any atom is -0.353 e. The average Bonchev–Trinajstić information content (AvgIpc) is 2.53. The Hall–Kier alpha value is -1.78. The predicted octanol–water partition coefficient (Wildman–Crippen LogP) is 2.10. The number of urea groups is 1. The zero-order chi connectivity index (χ0) is 14.4. The highest BCUT2D eigenvalue weighted by Crippen LogP contribution is 2.12. The molecule has 2 amide bonds. The lowest BCUT2D eigenvalue weighted by molar-refractivity contribution is 0.189. The van der Waals surface area contributed by atoms with Crippen LogP contribution in [-0.2, 0) is 0 Å². The van der Waals surface area contributed by atoms with Crippen LogP contribution in [0.3, 0.4) is 0 Å². The normalized spacial score (nSPS) is 15.6. The van der Waals surface area contributed by atoms with E-state index in [1.165, 1.54) is 0 Å². The van der Waals surface area contributed by atoms with Gasteiger partial charge in [-0.2, -0.15) is 0 Å². The molecule has 0 aliphatic carbocycles. The smallest absolute Gasteiger partial charge is 0.317 e. The van der Waals surface area contributed by atoms with Gasteiger partial charge >= 0.3 is 6.03 Å². The van der Waals surface area contributed by atoms with Crippen molar-refractivity contribution in [3.63, 3.8) is 0 Å². The van der Waals surface area contributed by atoms with E-state index in [0.717, 1.165) is 44.8 Å². The van der Waals surface area contributed by atoms with E-state index < -0.39 is 0 Å². The maximum absolute atomic E-state index is 12.2. The van der Waals surface area contributed by atoms with Crippen molar-refractivity contribution in [2.24, 2.45) is 0 Å². The van der Waals surface area contributed by atoms with Gasteiger partial charge in [0.2, 0.25) is 0 Å². The Morgan fingerprint density at radius 1 is 1.25 bits per heavy atom. The number of carbonyl (C=O) groups excluding carboxylic acids is 1. The number of piperazine rings is 1. The minimum atomic E-state index is 0.0689. The summed E-state index contributed by atoms with van der Waals surface area (Å²) in [6.07, 6.45) is 3.77. The molecule has 5 heteroatoms. The molecule has 0 atom stereocenters. The maximum Gasteiger partial charge on any atom is 0.317 e. The molecule has 1 aliphatic rings. The van der Waals surface area contributed by atoms with Crippen LogP contribution in [0.1, 0.15) is 26.7 Å². The molecule has 1 aliphatic heterocycles. The third-order valence-electron chi connectivity index (χ3n) is 3.85. The van der Waals surface area contributed by atoms with Gasteiger partial charge in [0, 0.05) is 38.4 Å². The van der Waals surface area contributed by atoms with Gasteiger partial charge in [-0.25, -0.2) is 9.78 Å². The number of hydrogen-bond acceptors (Lipinski definition) is 3. The van der Waals surface area contributed by atoms with Crippen molar-refractivity contribution >= 4 is 11.8 Å². The molecule has 1 N–H and O–H groups in total. The van der Waals surface area contributed by atoms with Crippen molar-refractivity contribution in [2.45, 2.75) is 32.7 Å². The molecule has 110 valence electrons. The van der Waals surface area contributed by atoms with Gasteiger partial charge in [0.25, 0.3) is 0 Å². The summed E-state index contributed by atoms with van der Waals surface area (Å²) in [5.74, 6) is 0.993. The van der Waals surface area contributed by atoms with Crippen molar-refractivity contribution in [1.29, 1.82) is 0 Å². The first-order valence-electron chi connectivity index (χ1n) is 7.46. The molecule has 5 nitrogen and oxygen atoms in total. The van der Waals surface area contributed by atoms with E-state index in [1.54, 1.807) is 0 Å². The van der Waals surface area contributed by atoms with Crippen LogP contribution in [0.4, 0.5) is 10.6 Å². The van der Waals surface area contributed by atoms with Crippen LogP contribution < -0.4 is 10.2 Å². The molecule has 2 heterocycles. The van der Waals surface area contributed by atoms with E-state index in [1.807, 2.05) is 29.3 Å². The fourth-order valence-corrected chi connectivity index (χ4v) is 2.44. The first-order valence-corrected chi connectivity index (χ1v) is 7.46. The molecule has 2 rings (SSSR count). The van der Waals surface area contributed by atoms with E-state index in [2.05, 4.69) is 29.0 Å². The van der Waals surface area contributed by atoms with Gasteiger partial charge in [0.15, 0.2) is 0 Å². The highest BCUT2D eigenvalue weighted by Gasteiger charge is 2.22. The Morgan fingerprint density at radius 2 is 1.95 bits per heavy atom. The number of aromatic nitrogens is 1. The Balaban J connectivity index is 1.83. The summed E-state index contributed by atoms with van der Waals surface area (Å²) < 4.78 is 0. The largest absolute Gasteiger partial charge is 0.353 e. The van der Waals surface area contributed by atoms with Crippen molar-refractivity contribution in [3.05, 3.63) is 24.4 Å². The van der Waals surface area contributed by atoms with Gasteiger partial charge in [-0.3, -0.25) is 0 Å². The number of amides is 2. The van der Waals surface area contributed by atoms with Crippen molar-refractivity contribution in [3.8, 4) is 0 Å². The maximum atomic E-state index is 12.2. The quantitative estimate of drug-likeness (QED) is 0.916. The molecule has 1 aromatic heterocycles. The number of pyridine rings is 1. The number of nitrogens with zero attached hydrogens (tertiary/aromatic N) is 3. The molecular weight excluding hydrogens is 252 g/mol. The predicted molar refractivity (Wildman–Crippen MR) is 80.9 cm³/mol. The first-order chi connectivity index (χ1) is 9.74. The SMILES string of the molecule is CCC(CC)NC(=O)N1CCN(c2ccccn2)CC1. The van der Waals surface area contributed by atoms with E-state index in [9.17, 15) is 4.79 Å². The standard InChI is InChI=1S/C15H24N4O/c1-3-13(4-2)17-15(20)19-11-9-18(10-12-19)14-7-5-6-8-16-14/h5-8,13H,3-4,9-12H2,1-2H3,(H,17,20). The van der Waals surface area contributed by atoms with E-state index in [0.29, 0.717) is 0 Å². The van der Waals surface area contributed by atoms with Gasteiger partial charge < -0.3 is 15.1 Å². The Labute approximate surface area is 121 Å². The Kier molecular flexibility index (Phi) is 5.21. The van der Waals surface area contributed by atoms with Gasteiger partial charge in [-0.1, -0.05) is 19.9 Å². The van der Waals surface area contributed by atoms with Crippen LogP contribution >= 0.6 is 0 Å². The molecule has 0 unspecified atom stereocenters. The summed E-state index contributed by atoms with van der Waals surface area (Å²) in [5, 5.41) is 3.09. The molecule has 1 aromatic rings. The van der Waals surface area contributed by atoms with Crippen molar-refractivity contribution in [1.82, 2.24) is 15.2 Å². The Bertz CT molecular complexity index is 411. The molecule has 0 spiro atoms. The van der Waals surface area contributed by atoms with Crippen LogP contribution in [0.15, 0.2) is 24.4 Å². The zero-order valence-corrected chi connectivity index (χ0v) is 12.4. The van der Waals surface area contributed by atoms with E-state index in [-0.39, 0.29) is 12.1 Å². The number of carbonyl (C=O) groups is 1. The van der Waals surface area contributed by atoms with Gasteiger partial charge in [0.05, 0.1) is 0 Å². The molecule has 20 heavy (non-hydrogen) atoms. The summed E-state index contributed by atoms with van der Waals surface area (Å²) in [7, 11) is 0. The van der Waals surface area contributed by atoms with Crippen molar-refractivity contribution in [2.75, 3.05) is 31.1 Å². The molecule has 1 fully saturated rings. The lowest BCUT2D eigenvalue weighted by Gasteiger charge is -2.36. The molecule has 0 saturated carbocycles.